The molecule has 0 radical (unpaired) electrons. The van der Waals surface area contributed by atoms with Crippen LogP contribution in [-0.2, 0) is 38.8 Å². The number of phenols is 4. The van der Waals surface area contributed by atoms with Crippen LogP contribution in [0.1, 0.15) is 119 Å². The highest BCUT2D eigenvalue weighted by Crippen LogP contribution is 2.18. The van der Waals surface area contributed by atoms with Crippen LogP contribution >= 0.6 is 11.6 Å². The number of aromatic carboxylic acids is 1. The second kappa shape index (κ2) is 69.7. The van der Waals surface area contributed by atoms with Gasteiger partial charge in [-0.25, -0.2) is 19.2 Å². The van der Waals surface area contributed by atoms with Gasteiger partial charge in [-0.3, -0.25) is 19.2 Å². The van der Waals surface area contributed by atoms with Crippen LogP contribution in [0, 0.1) is 12.8 Å². The van der Waals surface area contributed by atoms with Crippen LogP contribution in [0.15, 0.2) is 261 Å². The maximum atomic E-state index is 12.0. The van der Waals surface area contributed by atoms with Crippen molar-refractivity contribution in [2.24, 2.45) is 22.9 Å². The highest BCUT2D eigenvalue weighted by atomic mass is 35.5. The zero-order valence-electron chi connectivity index (χ0n) is 64.7. The van der Waals surface area contributed by atoms with Crippen LogP contribution in [0.5, 0.6) is 23.0 Å². The summed E-state index contributed by atoms with van der Waals surface area (Å²) in [6, 6.07) is 53.0. The fourth-order valence-electron chi connectivity index (χ4n) is 8.22. The number of halogens is 1. The Morgan fingerprint density at radius 3 is 0.973 bits per heavy atom. The second-order valence-electron chi connectivity index (χ2n) is 22.6. The number of carboxylic acids is 1. The highest BCUT2D eigenvalue weighted by molar-refractivity contribution is 6.61. The van der Waals surface area contributed by atoms with Crippen LogP contribution in [0.4, 0.5) is 14.4 Å². The van der Waals surface area contributed by atoms with Crippen molar-refractivity contribution < 1.29 is 80.9 Å². The zero-order chi connectivity index (χ0) is 84.3. The van der Waals surface area contributed by atoms with Crippen LogP contribution in [0.3, 0.4) is 0 Å². The van der Waals surface area contributed by atoms with E-state index in [0.29, 0.717) is 65.2 Å². The fraction of sp³-hybridized carbons (Fsp3) is 0.256. The number of para-hydroxylation sites is 4. The van der Waals surface area contributed by atoms with Crippen molar-refractivity contribution >= 4 is 58.8 Å². The number of alkyl carbamates (subject to hydrolysis) is 2. The minimum Gasteiger partial charge on any atom is -0.507 e. The number of amides is 6. The minimum atomic E-state index is -1.11. The summed E-state index contributed by atoms with van der Waals surface area (Å²) in [7, 11) is 0. The standard InChI is InChI=1S/C31H42N2O3.C17H18N2O4.C10H14N2O2.C9H12N2O2.C8H7ClO2.C7H6O3.C2H8N2.C2H2.H2/c1-2-3-4-5-6-7-8-9-10-11-12-13-14-15-16-17-18-19-20-25-30(35)32-26-27-33-31(36)28-23-21-22-24-29(28)34;20-15-9-5-4-8-14(15)16(21)18-10-11-19-17(22)23-12-13-6-2-1-3-7-13;11-6-7-12-10(13)14-8-9-4-2-1-3-5-9;10-5-6-11-9(13)7-3-1-2-4-8(7)12;9-8(10)11-6-7-4-2-1-3-5-7;8-6-4-2-1-3-5(6)7(9)10;3-1-2-4;1-2;/h3-4,6-7,9-10,12-13,15-16,18-19,21-24,34H,2,5,8,11,14,17,20,25-27H2,1H3,(H,32,35)(H,33,36);1-9,20H,10-12H2,(H,18,21)(H,19,22);1-5H,6-8,11H2,(H,12,13);1-4,12H,5-6,10H2,(H,11,13);1-5H,6H2;1-4,8H,(H,9,10);1-4H2;1-2H;1H/b4-3-,7-6-,10-9-,13-12-,16-15-,19-18-;;;;;;;;/i;;;;;;;1D;. The first kappa shape index (κ1) is 98.2. The molecule has 0 aliphatic carbocycles. The summed E-state index contributed by atoms with van der Waals surface area (Å²) in [5.41, 5.74) is 22.9. The van der Waals surface area contributed by atoms with E-state index in [4.69, 9.17) is 55.6 Å². The number of rotatable bonds is 35. The topological polar surface area (TPSA) is 442 Å². The summed E-state index contributed by atoms with van der Waals surface area (Å²) >= 11 is 4.97. The van der Waals surface area contributed by atoms with E-state index in [9.17, 15) is 53.7 Å². The maximum absolute atomic E-state index is 12.0. The number of aromatic hydroxyl groups is 4. The number of phenolic OH excluding ortho intramolecular Hbond substituents is 3. The first-order valence-electron chi connectivity index (χ1n) is 36.5. The van der Waals surface area contributed by atoms with E-state index in [1.165, 1.54) is 42.8 Å². The summed E-state index contributed by atoms with van der Waals surface area (Å²) in [5.74, 6) is -2.58. The van der Waals surface area contributed by atoms with Crippen molar-refractivity contribution in [3.8, 4) is 35.8 Å². The first-order valence-corrected chi connectivity index (χ1v) is 36.4. The molecule has 6 amide bonds. The molecule has 27 heteroatoms. The van der Waals surface area contributed by atoms with Gasteiger partial charge in [-0.2, -0.15) is 0 Å². The van der Waals surface area contributed by atoms with Crippen molar-refractivity contribution in [3.63, 3.8) is 0 Å². The number of nitrogens with two attached hydrogens (primary N) is 4. The lowest BCUT2D eigenvalue weighted by Gasteiger charge is -2.09. The van der Waals surface area contributed by atoms with E-state index in [0.717, 1.165) is 55.2 Å². The van der Waals surface area contributed by atoms with Crippen molar-refractivity contribution in [1.82, 2.24) is 31.9 Å². The number of allylic oxidation sites excluding steroid dienone is 12. The Labute approximate surface area is 670 Å². The van der Waals surface area contributed by atoms with Crippen molar-refractivity contribution in [2.75, 3.05) is 65.4 Å². The molecular formula is C86H111ClN10O16. The average Bonchev–Trinajstić information content (AvgIpc) is 0.852. The van der Waals surface area contributed by atoms with Crippen LogP contribution in [0.25, 0.3) is 0 Å². The van der Waals surface area contributed by atoms with Crippen molar-refractivity contribution in [1.29, 1.82) is 0 Å². The molecule has 0 spiro atoms. The van der Waals surface area contributed by atoms with Crippen LogP contribution in [0.2, 0.25) is 0 Å². The lowest BCUT2D eigenvalue weighted by molar-refractivity contribution is -0.121. The molecule has 0 heterocycles. The third-order valence-electron chi connectivity index (χ3n) is 13.8. The van der Waals surface area contributed by atoms with Gasteiger partial charge >= 0.3 is 23.6 Å². The molecule has 0 aliphatic rings. The molecule has 0 aliphatic heterocycles. The molecule has 0 fully saturated rings. The summed E-state index contributed by atoms with van der Waals surface area (Å²) in [4.78, 5) is 89.8. The Bertz CT molecular complexity index is 4040. The molecule has 0 unspecified atom stereocenters. The molecule has 19 N–H and O–H groups in total. The van der Waals surface area contributed by atoms with Crippen LogP contribution < -0.4 is 54.8 Å². The number of carboxylic acid groups (broad SMARTS) is 1. The number of ether oxygens (including phenoxy) is 3. The smallest absolute Gasteiger partial charge is 0.407 e. The summed E-state index contributed by atoms with van der Waals surface area (Å²) in [6.45, 7) is 6.83. The molecule has 7 rings (SSSR count). The number of hydrogen-bond donors (Lipinski definition) is 15. The summed E-state index contributed by atoms with van der Waals surface area (Å²) in [5, 5.41) is 61.5. The number of terminal acetylenes is 1. The molecule has 7 aromatic rings. The number of benzene rings is 7. The number of carbonyl (C=O) groups excluding carboxylic acids is 7. The van der Waals surface area contributed by atoms with Crippen molar-refractivity contribution in [3.05, 3.63) is 300 Å². The summed E-state index contributed by atoms with van der Waals surface area (Å²) < 4.78 is 20.3. The second-order valence-corrected chi connectivity index (χ2v) is 22.9. The predicted octanol–water partition coefficient (Wildman–Crippen LogP) is 12.8. The van der Waals surface area contributed by atoms with Crippen molar-refractivity contribution in [2.45, 2.75) is 78.1 Å². The molecular weight excluding hydrogens is 1460 g/mol. The van der Waals surface area contributed by atoms with Gasteiger partial charge in [0, 0.05) is 84.9 Å². The van der Waals surface area contributed by atoms with Gasteiger partial charge in [-0.05, 0) is 110 Å². The lowest BCUT2D eigenvalue weighted by Crippen LogP contribution is -2.34. The molecule has 0 atom stereocenters. The van der Waals surface area contributed by atoms with Gasteiger partial charge < -0.3 is 94.6 Å². The van der Waals surface area contributed by atoms with E-state index in [2.05, 4.69) is 117 Å². The third-order valence-corrected chi connectivity index (χ3v) is 13.9. The quantitative estimate of drug-likeness (QED) is 0.00577. The molecule has 0 saturated carbocycles. The number of nitrogens with one attached hydrogen (secondary N) is 6. The van der Waals surface area contributed by atoms with E-state index in [1.54, 1.807) is 60.7 Å². The Kier molecular flexibility index (Phi) is 60.6. The monoisotopic (exact) mass is 1580 g/mol. The zero-order valence-corrected chi connectivity index (χ0v) is 64.4. The van der Waals surface area contributed by atoms with Gasteiger partial charge in [-0.15, -0.1) is 12.8 Å². The predicted molar refractivity (Wildman–Crippen MR) is 447 cm³/mol. The Morgan fingerprint density at radius 2 is 0.664 bits per heavy atom. The van der Waals surface area contributed by atoms with Gasteiger partial charge in [0.05, 0.1) is 16.7 Å². The van der Waals surface area contributed by atoms with Crippen LogP contribution in [-0.4, -0.2) is 138 Å². The third kappa shape index (κ3) is 55.3. The van der Waals surface area contributed by atoms with E-state index >= 15 is 0 Å². The van der Waals surface area contributed by atoms with Gasteiger partial charge in [0.2, 0.25) is 5.91 Å². The highest BCUT2D eigenvalue weighted by Gasteiger charge is 2.13. The number of carbonyl (C=O) groups is 8. The summed E-state index contributed by atoms with van der Waals surface area (Å²) in [6.07, 6.45) is 37.6. The molecule has 0 saturated heterocycles. The van der Waals surface area contributed by atoms with Gasteiger partial charge in [0.25, 0.3) is 17.7 Å². The Hall–Kier alpha value is -12.8. The molecule has 0 bridgehead atoms. The first-order chi connectivity index (χ1) is 55.2. The molecule has 113 heavy (non-hydrogen) atoms. The molecule has 0 aromatic heterocycles. The minimum absolute atomic E-state index is 0. The normalized spacial score (nSPS) is 10.3. The maximum Gasteiger partial charge on any atom is 0.407 e. The molecule has 26 nitrogen and oxygen atoms in total. The van der Waals surface area contributed by atoms with E-state index < -0.39 is 29.5 Å². The van der Waals surface area contributed by atoms with Gasteiger partial charge in [0.15, 0.2) is 0 Å². The Morgan fingerprint density at radius 1 is 0.389 bits per heavy atom. The average molecular weight is 1580 g/mol. The van der Waals surface area contributed by atoms with Gasteiger partial charge in [0.1, 0.15) is 49.8 Å². The molecule has 608 valence electrons. The Balaban J connectivity index is 0. The molecule has 7 aromatic carbocycles. The number of hydrogen-bond acceptors (Lipinski definition) is 19. The van der Waals surface area contributed by atoms with E-state index in [-0.39, 0.29) is 97.3 Å². The fourth-order valence-corrected chi connectivity index (χ4v) is 8.28. The lowest BCUT2D eigenvalue weighted by atomic mass is 10.2. The largest absolute Gasteiger partial charge is 0.507 e. The van der Waals surface area contributed by atoms with E-state index in [1.807, 2.05) is 97.1 Å². The van der Waals surface area contributed by atoms with Gasteiger partial charge in [-0.1, -0.05) is 219 Å². The SMILES string of the molecule is CC/C=C\C/C=C\C/C=C\C/C=C\C/C=C\C/C=C\CCC(=O)NCCNC(=O)c1ccccc1O.NCCN.NCCNC(=O)OCc1ccccc1.NCCNC(=O)c1ccccc1O.O=C(Cl)OCc1ccccc1.O=C(NCCNC(=O)c1ccccc1O)OCc1ccccc1.O=C(O)c1ccccc1O.[2H]C#C.[HH].